The highest BCUT2D eigenvalue weighted by Gasteiger charge is 2.32. The molecule has 2 heterocycles. The number of rotatable bonds is 3. The van der Waals surface area contributed by atoms with Gasteiger partial charge in [-0.15, -0.1) is 0 Å². The highest BCUT2D eigenvalue weighted by molar-refractivity contribution is 6.33. The quantitative estimate of drug-likeness (QED) is 0.864. The van der Waals surface area contributed by atoms with E-state index in [1.165, 1.54) is 11.9 Å². The van der Waals surface area contributed by atoms with Crippen molar-refractivity contribution in [3.63, 3.8) is 0 Å². The Morgan fingerprint density at radius 2 is 2.09 bits per heavy atom. The highest BCUT2D eigenvalue weighted by atomic mass is 35.5. The Bertz CT molecular complexity index is 700. The smallest absolute Gasteiger partial charge is 0.361 e. The molecule has 0 spiro atoms. The number of aromatic nitrogens is 2. The lowest BCUT2D eigenvalue weighted by molar-refractivity contribution is -0.137. The zero-order chi connectivity index (χ0) is 16.5. The average molecular weight is 334 g/mol. The molecule has 0 radical (unpaired) electrons. The molecule has 22 heavy (non-hydrogen) atoms. The molecule has 2 rings (SSSR count). The lowest BCUT2D eigenvalue weighted by Gasteiger charge is -2.16. The van der Waals surface area contributed by atoms with E-state index in [1.807, 2.05) is 0 Å². The van der Waals surface area contributed by atoms with Crippen molar-refractivity contribution >= 4 is 17.5 Å². The van der Waals surface area contributed by atoms with E-state index >= 15 is 0 Å². The monoisotopic (exact) mass is 333 g/mol. The summed E-state index contributed by atoms with van der Waals surface area (Å²) in [6.07, 6.45) is -3.99. The van der Waals surface area contributed by atoms with Crippen LogP contribution in [0.4, 0.5) is 13.2 Å². The molecule has 0 N–H and O–H groups in total. The fourth-order valence-corrected chi connectivity index (χ4v) is 1.99. The lowest BCUT2D eigenvalue weighted by atomic mass is 10.2. The summed E-state index contributed by atoms with van der Waals surface area (Å²) in [5, 5.41) is 3.37. The van der Waals surface area contributed by atoms with Gasteiger partial charge >= 0.3 is 6.18 Å². The molecule has 0 atom stereocenters. The molecular formula is C13H11ClF3N3O2. The van der Waals surface area contributed by atoms with E-state index in [4.69, 9.17) is 16.1 Å². The molecular weight excluding hydrogens is 323 g/mol. The summed E-state index contributed by atoms with van der Waals surface area (Å²) in [5.41, 5.74) is -0.752. The maximum Gasteiger partial charge on any atom is 0.417 e. The first-order valence-corrected chi connectivity index (χ1v) is 6.46. The lowest BCUT2D eigenvalue weighted by Crippen LogP contribution is -2.27. The number of alkyl halides is 3. The first-order valence-electron chi connectivity index (χ1n) is 6.09. The second-order valence-corrected chi connectivity index (χ2v) is 5.05. The van der Waals surface area contributed by atoms with E-state index in [0.29, 0.717) is 23.7 Å². The van der Waals surface area contributed by atoms with Crippen LogP contribution >= 0.6 is 11.6 Å². The van der Waals surface area contributed by atoms with Crippen LogP contribution in [0.3, 0.4) is 0 Å². The normalized spacial score (nSPS) is 11.5. The predicted octanol–water partition coefficient (Wildman–Crippen LogP) is 3.32. The van der Waals surface area contributed by atoms with Gasteiger partial charge in [-0.2, -0.15) is 13.2 Å². The van der Waals surface area contributed by atoms with E-state index < -0.39 is 17.6 Å². The van der Waals surface area contributed by atoms with Crippen LogP contribution in [0.15, 0.2) is 22.9 Å². The molecule has 0 unspecified atom stereocenters. The van der Waals surface area contributed by atoms with Crippen LogP contribution in [-0.2, 0) is 12.7 Å². The summed E-state index contributed by atoms with van der Waals surface area (Å²) in [4.78, 5) is 16.9. The Balaban J connectivity index is 2.18. The number of hydrogen-bond acceptors (Lipinski definition) is 4. The van der Waals surface area contributed by atoms with Crippen molar-refractivity contribution in [2.45, 2.75) is 19.6 Å². The van der Waals surface area contributed by atoms with Gasteiger partial charge in [-0.25, -0.2) is 4.98 Å². The number of carbonyl (C=O) groups is 1. The third-order valence-electron chi connectivity index (χ3n) is 2.79. The summed E-state index contributed by atoms with van der Waals surface area (Å²) in [5.74, 6) is -0.0269. The molecule has 9 heteroatoms. The summed E-state index contributed by atoms with van der Waals surface area (Å²) >= 11 is 5.74. The number of aryl methyl sites for hydroxylation is 1. The van der Waals surface area contributed by atoms with Crippen molar-refractivity contribution < 1.29 is 22.5 Å². The van der Waals surface area contributed by atoms with Crippen LogP contribution in [-0.4, -0.2) is 28.0 Å². The summed E-state index contributed by atoms with van der Waals surface area (Å²) < 4.78 is 42.5. The second-order valence-electron chi connectivity index (χ2n) is 4.64. The van der Waals surface area contributed by atoms with Gasteiger partial charge in [-0.05, 0) is 13.0 Å². The van der Waals surface area contributed by atoms with Crippen LogP contribution < -0.4 is 0 Å². The molecule has 0 bridgehead atoms. The molecule has 2 aromatic heterocycles. The topological polar surface area (TPSA) is 59.2 Å². The van der Waals surface area contributed by atoms with Crippen molar-refractivity contribution in [2.24, 2.45) is 0 Å². The van der Waals surface area contributed by atoms with Crippen LogP contribution in [0.1, 0.15) is 27.5 Å². The van der Waals surface area contributed by atoms with Gasteiger partial charge in [-0.3, -0.25) is 4.79 Å². The molecule has 0 aliphatic heterocycles. The van der Waals surface area contributed by atoms with Gasteiger partial charge in [0.15, 0.2) is 0 Å². The Morgan fingerprint density at radius 1 is 1.41 bits per heavy atom. The number of pyridine rings is 1. The summed E-state index contributed by atoms with van der Waals surface area (Å²) in [6, 6.07) is 2.32. The van der Waals surface area contributed by atoms with Crippen LogP contribution in [0, 0.1) is 6.92 Å². The zero-order valence-electron chi connectivity index (χ0n) is 11.6. The van der Waals surface area contributed by atoms with Crippen LogP contribution in [0.25, 0.3) is 0 Å². The molecule has 0 aliphatic carbocycles. The standard InChI is InChI=1S/C13H11ClF3N3O2/c1-7-3-9(19-22-7)6-20(2)12(21)11-10(14)4-8(5-18-11)13(15,16)17/h3-5H,6H2,1-2H3. The Hall–Kier alpha value is -2.09. The van der Waals surface area contributed by atoms with Gasteiger partial charge in [0.05, 0.1) is 17.1 Å². The molecule has 0 saturated carbocycles. The summed E-state index contributed by atoms with van der Waals surface area (Å²) in [6.45, 7) is 1.82. The third kappa shape index (κ3) is 3.56. The molecule has 5 nitrogen and oxygen atoms in total. The maximum atomic E-state index is 12.5. The number of halogens is 4. The van der Waals surface area contributed by atoms with E-state index in [-0.39, 0.29) is 17.3 Å². The number of nitrogens with zero attached hydrogens (tertiary/aromatic N) is 3. The fraction of sp³-hybridized carbons (Fsp3) is 0.308. The van der Waals surface area contributed by atoms with Crippen molar-refractivity contribution in [1.29, 1.82) is 0 Å². The number of hydrogen-bond donors (Lipinski definition) is 0. The van der Waals surface area contributed by atoms with Crippen LogP contribution in [0.5, 0.6) is 0 Å². The van der Waals surface area contributed by atoms with Gasteiger partial charge < -0.3 is 9.42 Å². The van der Waals surface area contributed by atoms with Gasteiger partial charge in [0.1, 0.15) is 17.1 Å². The minimum Gasteiger partial charge on any atom is -0.361 e. The van der Waals surface area contributed by atoms with Crippen molar-refractivity contribution in [2.75, 3.05) is 7.05 Å². The average Bonchev–Trinajstić information content (AvgIpc) is 2.82. The molecule has 0 fully saturated rings. The van der Waals surface area contributed by atoms with Crippen molar-refractivity contribution in [1.82, 2.24) is 15.0 Å². The first-order chi connectivity index (χ1) is 10.2. The summed E-state index contributed by atoms with van der Waals surface area (Å²) in [7, 11) is 1.46. The highest BCUT2D eigenvalue weighted by Crippen LogP contribution is 2.31. The van der Waals surface area contributed by atoms with Gasteiger partial charge in [0.2, 0.25) is 0 Å². The molecule has 1 amide bonds. The molecule has 2 aromatic rings. The van der Waals surface area contributed by atoms with Gasteiger partial charge in [-0.1, -0.05) is 16.8 Å². The Kier molecular flexibility index (Phi) is 4.41. The van der Waals surface area contributed by atoms with Gasteiger partial charge in [0, 0.05) is 19.3 Å². The van der Waals surface area contributed by atoms with E-state index in [9.17, 15) is 18.0 Å². The predicted molar refractivity (Wildman–Crippen MR) is 71.3 cm³/mol. The Morgan fingerprint density at radius 3 is 2.59 bits per heavy atom. The molecule has 0 aromatic carbocycles. The van der Waals surface area contributed by atoms with Gasteiger partial charge in [0.25, 0.3) is 5.91 Å². The molecule has 0 aliphatic rings. The van der Waals surface area contributed by atoms with Crippen LogP contribution in [0.2, 0.25) is 5.02 Å². The Labute approximate surface area is 128 Å². The SMILES string of the molecule is Cc1cc(CN(C)C(=O)c2ncc(C(F)(F)F)cc2Cl)no1. The largest absolute Gasteiger partial charge is 0.417 e. The van der Waals surface area contributed by atoms with E-state index in [0.717, 1.165) is 0 Å². The number of amides is 1. The molecule has 0 saturated heterocycles. The van der Waals surface area contributed by atoms with E-state index in [2.05, 4.69) is 10.1 Å². The molecule has 118 valence electrons. The minimum atomic E-state index is -4.57. The maximum absolute atomic E-state index is 12.5. The zero-order valence-corrected chi connectivity index (χ0v) is 12.4. The first kappa shape index (κ1) is 16.3. The van der Waals surface area contributed by atoms with Crippen molar-refractivity contribution in [3.05, 3.63) is 46.1 Å². The third-order valence-corrected chi connectivity index (χ3v) is 3.08. The number of carbonyl (C=O) groups excluding carboxylic acids is 1. The second kappa shape index (κ2) is 5.96. The fourth-order valence-electron chi connectivity index (χ4n) is 1.74. The van der Waals surface area contributed by atoms with E-state index in [1.54, 1.807) is 13.0 Å². The van der Waals surface area contributed by atoms with Crippen molar-refractivity contribution in [3.8, 4) is 0 Å². The minimum absolute atomic E-state index is 0.120.